The normalized spacial score (nSPS) is 11.5. The molecule has 0 spiro atoms. The van der Waals surface area contributed by atoms with Crippen LogP contribution in [0.5, 0.6) is 5.75 Å². The average molecular weight is 381 g/mol. The van der Waals surface area contributed by atoms with Crippen molar-refractivity contribution in [2.45, 2.75) is 0 Å². The van der Waals surface area contributed by atoms with Crippen LogP contribution in [0.2, 0.25) is 5.02 Å². The van der Waals surface area contributed by atoms with Gasteiger partial charge in [-0.2, -0.15) is 5.10 Å². The van der Waals surface area contributed by atoms with E-state index in [1.165, 1.54) is 18.2 Å². The third-order valence-electron chi connectivity index (χ3n) is 3.97. The van der Waals surface area contributed by atoms with E-state index in [0.717, 1.165) is 21.9 Å². The summed E-state index contributed by atoms with van der Waals surface area (Å²) in [5.74, 6) is -0.515. The number of aliphatic hydroxyl groups excluding tert-OH is 1. The largest absolute Gasteiger partial charge is 0.506 e. The van der Waals surface area contributed by atoms with Crippen LogP contribution in [0.25, 0.3) is 16.8 Å². The van der Waals surface area contributed by atoms with E-state index in [4.69, 9.17) is 16.7 Å². The summed E-state index contributed by atoms with van der Waals surface area (Å²) in [5, 5.41) is 24.5. The molecule has 0 radical (unpaired) electrons. The summed E-state index contributed by atoms with van der Waals surface area (Å²) in [5.41, 5.74) is 4.58. The van der Waals surface area contributed by atoms with Crippen molar-refractivity contribution in [1.82, 2.24) is 5.43 Å². The maximum Gasteiger partial charge on any atom is 0.271 e. The number of amides is 1. The van der Waals surface area contributed by atoms with Crippen molar-refractivity contribution in [3.05, 3.63) is 82.4 Å². The topological polar surface area (TPSA) is 81.9 Å². The van der Waals surface area contributed by atoms with Crippen LogP contribution >= 0.6 is 11.6 Å². The number of hydrogen-bond donors (Lipinski definition) is 3. The zero-order valence-corrected chi connectivity index (χ0v) is 15.0. The van der Waals surface area contributed by atoms with Crippen LogP contribution in [0.1, 0.15) is 21.5 Å². The molecule has 0 aliphatic carbocycles. The molecule has 3 aromatic rings. The molecule has 136 valence electrons. The van der Waals surface area contributed by atoms with Crippen molar-refractivity contribution >= 4 is 40.6 Å². The average Bonchev–Trinajstić information content (AvgIpc) is 2.69. The summed E-state index contributed by atoms with van der Waals surface area (Å²) in [4.78, 5) is 12.1. The van der Waals surface area contributed by atoms with Gasteiger partial charge in [0.2, 0.25) is 0 Å². The quantitative estimate of drug-likeness (QED) is 0.462. The van der Waals surface area contributed by atoms with Crippen LogP contribution in [0.3, 0.4) is 0 Å². The van der Waals surface area contributed by atoms with Gasteiger partial charge in [-0.05, 0) is 34.5 Å². The van der Waals surface area contributed by atoms with Crippen molar-refractivity contribution in [2.24, 2.45) is 5.10 Å². The highest BCUT2D eigenvalue weighted by molar-refractivity contribution is 6.32. The van der Waals surface area contributed by atoms with Crippen LogP contribution in [-0.4, -0.2) is 28.9 Å². The lowest BCUT2D eigenvalue weighted by Gasteiger charge is -2.06. The van der Waals surface area contributed by atoms with Crippen LogP contribution in [0.4, 0.5) is 0 Å². The number of halogens is 1. The second-order valence-corrected chi connectivity index (χ2v) is 6.15. The lowest BCUT2D eigenvalue weighted by Crippen LogP contribution is -2.17. The molecular formula is C21H17ClN2O3. The summed E-state index contributed by atoms with van der Waals surface area (Å²) in [6, 6.07) is 15.8. The maximum absolute atomic E-state index is 12.1. The summed E-state index contributed by atoms with van der Waals surface area (Å²) in [6.45, 7) is -0.0230. The SMILES string of the molecule is O=C(NN=Cc1ccc(C=CCO)c2ccccc12)c1ccc(O)c(Cl)c1. The molecule has 0 saturated carbocycles. The number of hydrazone groups is 1. The molecule has 0 aliphatic rings. The molecule has 0 aliphatic heterocycles. The molecule has 3 rings (SSSR count). The molecule has 1 amide bonds. The Kier molecular flexibility index (Phi) is 5.86. The summed E-state index contributed by atoms with van der Waals surface area (Å²) < 4.78 is 0. The predicted octanol–water partition coefficient (Wildman–Crippen LogP) is 3.97. The fraction of sp³-hybridized carbons (Fsp3) is 0.0476. The Labute approximate surface area is 161 Å². The van der Waals surface area contributed by atoms with Crippen LogP contribution in [0, 0.1) is 0 Å². The predicted molar refractivity (Wildman–Crippen MR) is 108 cm³/mol. The molecule has 0 aromatic heterocycles. The fourth-order valence-electron chi connectivity index (χ4n) is 2.66. The number of hydrogen-bond acceptors (Lipinski definition) is 4. The van der Waals surface area contributed by atoms with Crippen molar-refractivity contribution in [2.75, 3.05) is 6.61 Å². The van der Waals surface area contributed by atoms with Crippen LogP contribution in [0.15, 0.2) is 65.8 Å². The van der Waals surface area contributed by atoms with Gasteiger partial charge in [-0.3, -0.25) is 4.79 Å². The van der Waals surface area contributed by atoms with E-state index in [2.05, 4.69) is 10.5 Å². The van der Waals surface area contributed by atoms with Gasteiger partial charge in [0.25, 0.3) is 5.91 Å². The first-order valence-corrected chi connectivity index (χ1v) is 8.59. The lowest BCUT2D eigenvalue weighted by molar-refractivity contribution is 0.0955. The first-order chi connectivity index (χ1) is 13.1. The molecule has 0 atom stereocenters. The number of aromatic hydroxyl groups is 1. The van der Waals surface area contributed by atoms with Crippen molar-refractivity contribution in [3.8, 4) is 5.75 Å². The Morgan fingerprint density at radius 1 is 1.07 bits per heavy atom. The minimum Gasteiger partial charge on any atom is -0.506 e. The molecule has 6 heteroatoms. The Bertz CT molecular complexity index is 1040. The molecule has 5 nitrogen and oxygen atoms in total. The van der Waals surface area contributed by atoms with E-state index < -0.39 is 5.91 Å². The van der Waals surface area contributed by atoms with Gasteiger partial charge in [-0.15, -0.1) is 0 Å². The van der Waals surface area contributed by atoms with Crippen molar-refractivity contribution in [1.29, 1.82) is 0 Å². The van der Waals surface area contributed by atoms with E-state index in [1.54, 1.807) is 12.3 Å². The Morgan fingerprint density at radius 3 is 2.48 bits per heavy atom. The first-order valence-electron chi connectivity index (χ1n) is 8.21. The van der Waals surface area contributed by atoms with Gasteiger partial charge in [-0.25, -0.2) is 5.43 Å². The number of carbonyl (C=O) groups is 1. The number of carbonyl (C=O) groups excluding carboxylic acids is 1. The number of nitrogens with one attached hydrogen (secondary N) is 1. The minimum absolute atomic E-state index is 0.0230. The summed E-state index contributed by atoms with van der Waals surface area (Å²) in [7, 11) is 0. The van der Waals surface area contributed by atoms with E-state index in [1.807, 2.05) is 42.5 Å². The highest BCUT2D eigenvalue weighted by atomic mass is 35.5. The number of nitrogens with zero attached hydrogens (tertiary/aromatic N) is 1. The molecule has 0 fully saturated rings. The molecule has 0 saturated heterocycles. The number of rotatable bonds is 5. The zero-order valence-electron chi connectivity index (χ0n) is 14.3. The minimum atomic E-state index is -0.431. The monoisotopic (exact) mass is 380 g/mol. The van der Waals surface area contributed by atoms with Gasteiger partial charge < -0.3 is 10.2 Å². The number of benzene rings is 3. The van der Waals surface area contributed by atoms with Crippen molar-refractivity contribution in [3.63, 3.8) is 0 Å². The van der Waals surface area contributed by atoms with Crippen LogP contribution in [-0.2, 0) is 0 Å². The highest BCUT2D eigenvalue weighted by Gasteiger charge is 2.07. The summed E-state index contributed by atoms with van der Waals surface area (Å²) >= 11 is 5.81. The van der Waals surface area contributed by atoms with Gasteiger partial charge in [0.05, 0.1) is 17.8 Å². The van der Waals surface area contributed by atoms with Crippen LogP contribution < -0.4 is 5.43 Å². The molecule has 0 heterocycles. The third kappa shape index (κ3) is 4.34. The van der Waals surface area contributed by atoms with Gasteiger partial charge in [-0.1, -0.05) is 60.2 Å². The van der Waals surface area contributed by atoms with E-state index in [-0.39, 0.29) is 17.4 Å². The second kappa shape index (κ2) is 8.49. The van der Waals surface area contributed by atoms with E-state index in [9.17, 15) is 9.90 Å². The molecular weight excluding hydrogens is 364 g/mol. The zero-order chi connectivity index (χ0) is 19.2. The van der Waals surface area contributed by atoms with Gasteiger partial charge >= 0.3 is 0 Å². The number of fused-ring (bicyclic) bond motifs is 1. The standard InChI is InChI=1S/C21H17ClN2O3/c22-19-12-15(9-10-20(19)26)21(27)24-23-13-16-8-7-14(4-3-11-25)17-5-1-2-6-18(16)17/h1-10,12-13,25-26H,11H2,(H,24,27). The van der Waals surface area contributed by atoms with E-state index >= 15 is 0 Å². The number of phenolic OH excluding ortho intramolecular Hbond substituents is 1. The Hall–Kier alpha value is -3.15. The van der Waals surface area contributed by atoms with Gasteiger partial charge in [0, 0.05) is 11.1 Å². The van der Waals surface area contributed by atoms with Gasteiger partial charge in [0.1, 0.15) is 5.75 Å². The maximum atomic E-state index is 12.1. The molecule has 3 N–H and O–H groups in total. The number of phenols is 1. The second-order valence-electron chi connectivity index (χ2n) is 5.74. The Balaban J connectivity index is 1.83. The molecule has 0 bridgehead atoms. The first kappa shape index (κ1) is 18.6. The fourth-order valence-corrected chi connectivity index (χ4v) is 2.84. The van der Waals surface area contributed by atoms with E-state index in [0.29, 0.717) is 5.56 Å². The Morgan fingerprint density at radius 2 is 1.78 bits per heavy atom. The lowest BCUT2D eigenvalue weighted by atomic mass is 10.00. The smallest absolute Gasteiger partial charge is 0.271 e. The number of aliphatic hydroxyl groups is 1. The molecule has 3 aromatic carbocycles. The third-order valence-corrected chi connectivity index (χ3v) is 4.28. The molecule has 0 unspecified atom stereocenters. The van der Waals surface area contributed by atoms with Gasteiger partial charge in [0.15, 0.2) is 0 Å². The highest BCUT2D eigenvalue weighted by Crippen LogP contribution is 2.24. The summed E-state index contributed by atoms with van der Waals surface area (Å²) in [6.07, 6.45) is 5.11. The van der Waals surface area contributed by atoms with Crippen molar-refractivity contribution < 1.29 is 15.0 Å². The molecule has 27 heavy (non-hydrogen) atoms.